The Morgan fingerprint density at radius 1 is 1.52 bits per heavy atom. The second-order valence-corrected chi connectivity index (χ2v) is 4.97. The molecule has 0 bridgehead atoms. The van der Waals surface area contributed by atoms with Gasteiger partial charge in [-0.05, 0) is 12.5 Å². The summed E-state index contributed by atoms with van der Waals surface area (Å²) >= 11 is 0. The summed E-state index contributed by atoms with van der Waals surface area (Å²) in [5.74, 6) is -1.33. The summed E-state index contributed by atoms with van der Waals surface area (Å²) in [5, 5.41) is 39.2. The topological polar surface area (TPSA) is 154 Å². The Hall–Kier alpha value is -3.54. The number of nitrogens with zero attached hydrogens (tertiary/aromatic N) is 3. The fourth-order valence-electron chi connectivity index (χ4n) is 2.58. The van der Waals surface area contributed by atoms with Gasteiger partial charge < -0.3 is 15.6 Å². The van der Waals surface area contributed by atoms with Gasteiger partial charge in [-0.3, -0.25) is 15.2 Å². The Morgan fingerprint density at radius 3 is 2.91 bits per heavy atom. The first-order valence-electron chi connectivity index (χ1n) is 6.51. The van der Waals surface area contributed by atoms with Gasteiger partial charge in [-0.1, -0.05) is 6.07 Å². The molecule has 0 radical (unpaired) electrons. The van der Waals surface area contributed by atoms with Gasteiger partial charge >= 0.3 is 0 Å². The molecule has 3 rings (SSSR count). The molecule has 0 saturated heterocycles. The third-order valence-electron chi connectivity index (χ3n) is 3.64. The largest absolute Gasteiger partial charge is 0.872 e. The minimum absolute atomic E-state index is 0.0135. The number of nitrogens with one attached hydrogen (secondary N) is 1. The molecule has 2 aromatic rings. The molecular formula is C14H10N5O4-. The Labute approximate surface area is 129 Å². The number of H-pyrrole nitrogens is 1. The van der Waals surface area contributed by atoms with Crippen LogP contribution in [0.25, 0.3) is 0 Å². The number of nitro benzene ring substituents is 1. The first-order chi connectivity index (χ1) is 10.9. The predicted molar refractivity (Wildman–Crippen MR) is 75.2 cm³/mol. The maximum Gasteiger partial charge on any atom is 0.269 e. The molecule has 1 aliphatic rings. The molecule has 0 amide bonds. The lowest BCUT2D eigenvalue weighted by molar-refractivity contribution is -0.385. The van der Waals surface area contributed by atoms with E-state index in [9.17, 15) is 20.5 Å². The minimum Gasteiger partial charge on any atom is -0.872 e. The van der Waals surface area contributed by atoms with Crippen molar-refractivity contribution < 1.29 is 14.8 Å². The number of aromatic nitrogens is 2. The van der Waals surface area contributed by atoms with Crippen molar-refractivity contribution in [3.8, 4) is 17.7 Å². The lowest BCUT2D eigenvalue weighted by atomic mass is 9.83. The van der Waals surface area contributed by atoms with Gasteiger partial charge in [0.15, 0.2) is 0 Å². The average Bonchev–Trinajstić information content (AvgIpc) is 2.87. The lowest BCUT2D eigenvalue weighted by Crippen LogP contribution is -2.21. The molecule has 9 nitrogen and oxygen atoms in total. The van der Waals surface area contributed by atoms with Gasteiger partial charge in [-0.15, -0.1) is 10.8 Å². The third-order valence-corrected chi connectivity index (χ3v) is 3.64. The van der Waals surface area contributed by atoms with E-state index in [0.717, 1.165) is 18.2 Å². The number of aryl methyl sites for hydroxylation is 1. The van der Waals surface area contributed by atoms with Gasteiger partial charge in [-0.2, -0.15) is 5.26 Å². The Kier molecular flexibility index (Phi) is 3.15. The zero-order valence-electron chi connectivity index (χ0n) is 11.9. The molecule has 9 heteroatoms. The maximum atomic E-state index is 12.2. The van der Waals surface area contributed by atoms with E-state index in [-0.39, 0.29) is 28.6 Å². The number of ether oxygens (including phenoxy) is 1. The number of nitrogens with two attached hydrogens (primary N) is 1. The Balaban J connectivity index is 2.29. The number of allylic oxidation sites excluding steroid dienone is 1. The molecule has 3 N–H and O–H groups in total. The highest BCUT2D eigenvalue weighted by Crippen LogP contribution is 2.45. The van der Waals surface area contributed by atoms with Crippen molar-refractivity contribution in [1.82, 2.24) is 10.2 Å². The fourth-order valence-corrected chi connectivity index (χ4v) is 2.58. The van der Waals surface area contributed by atoms with E-state index < -0.39 is 16.6 Å². The van der Waals surface area contributed by atoms with Gasteiger partial charge in [0.25, 0.3) is 5.69 Å². The maximum absolute atomic E-state index is 12.2. The summed E-state index contributed by atoms with van der Waals surface area (Å²) < 4.78 is 5.28. The van der Waals surface area contributed by atoms with Crippen LogP contribution in [0.15, 0.2) is 29.7 Å². The Morgan fingerprint density at radius 2 is 2.26 bits per heavy atom. The smallest absolute Gasteiger partial charge is 0.269 e. The molecule has 116 valence electrons. The number of hydrogen-bond donors (Lipinski definition) is 2. The molecule has 0 saturated carbocycles. The summed E-state index contributed by atoms with van der Waals surface area (Å²) in [7, 11) is 0. The number of fused-ring (bicyclic) bond motifs is 1. The van der Waals surface area contributed by atoms with Crippen molar-refractivity contribution in [3.63, 3.8) is 0 Å². The van der Waals surface area contributed by atoms with Crippen LogP contribution in [0.2, 0.25) is 0 Å². The van der Waals surface area contributed by atoms with E-state index in [1.165, 1.54) is 0 Å². The summed E-state index contributed by atoms with van der Waals surface area (Å²) in [6.45, 7) is 1.69. The molecule has 0 fully saturated rings. The van der Waals surface area contributed by atoms with E-state index in [1.807, 2.05) is 6.07 Å². The standard InChI is InChI=1S/C14H11N5O4/c1-6-11-12(8-4-7(19(21)22)2-3-10(8)20)9(5-15)13(16)23-14(11)18-17-6/h2-4,12,20H,16H2,1H3,(H,17,18)/p-1/t12-/m0/s1. The summed E-state index contributed by atoms with van der Waals surface area (Å²) in [6, 6.07) is 5.29. The number of aromatic amines is 1. The van der Waals surface area contributed by atoms with Crippen molar-refractivity contribution in [2.45, 2.75) is 12.8 Å². The van der Waals surface area contributed by atoms with Crippen LogP contribution in [0, 0.1) is 28.4 Å². The second-order valence-electron chi connectivity index (χ2n) is 4.97. The highest BCUT2D eigenvalue weighted by molar-refractivity contribution is 5.59. The molecule has 0 unspecified atom stereocenters. The molecular weight excluding hydrogens is 302 g/mol. The van der Waals surface area contributed by atoms with Crippen LogP contribution < -0.4 is 15.6 Å². The number of benzene rings is 1. The van der Waals surface area contributed by atoms with Crippen LogP contribution >= 0.6 is 0 Å². The van der Waals surface area contributed by atoms with Crippen LogP contribution in [0.3, 0.4) is 0 Å². The molecule has 1 aromatic heterocycles. The number of rotatable bonds is 2. The van der Waals surface area contributed by atoms with E-state index in [4.69, 9.17) is 10.5 Å². The van der Waals surface area contributed by atoms with Gasteiger partial charge in [-0.25, -0.2) is 0 Å². The summed E-state index contributed by atoms with van der Waals surface area (Å²) in [4.78, 5) is 10.4. The zero-order chi connectivity index (χ0) is 16.7. The molecule has 1 atom stereocenters. The number of non-ortho nitro benzene ring substituents is 1. The normalized spacial score (nSPS) is 16.4. The molecule has 2 heterocycles. The van der Waals surface area contributed by atoms with Crippen molar-refractivity contribution >= 4 is 5.69 Å². The van der Waals surface area contributed by atoms with Crippen LogP contribution in [-0.4, -0.2) is 15.1 Å². The number of nitro groups is 1. The van der Waals surface area contributed by atoms with Gasteiger partial charge in [0, 0.05) is 23.4 Å². The number of nitriles is 1. The second kappa shape index (κ2) is 5.03. The van der Waals surface area contributed by atoms with E-state index in [0.29, 0.717) is 11.3 Å². The Bertz CT molecular complexity index is 893. The van der Waals surface area contributed by atoms with Crippen LogP contribution in [0.4, 0.5) is 5.69 Å². The number of hydrogen-bond acceptors (Lipinski definition) is 7. The van der Waals surface area contributed by atoms with Gasteiger partial charge in [0.05, 0.1) is 10.8 Å². The SMILES string of the molecule is Cc1[nH]nc2c1[C@@H](c1cc([N+](=O)[O-])ccc1[O-])C(C#N)=C(N)O2. The fraction of sp³-hybridized carbons (Fsp3) is 0.143. The van der Waals surface area contributed by atoms with Crippen LogP contribution in [0.1, 0.15) is 22.7 Å². The highest BCUT2D eigenvalue weighted by atomic mass is 16.6. The predicted octanol–water partition coefficient (Wildman–Crippen LogP) is 0.918. The molecule has 1 aliphatic heterocycles. The first-order valence-corrected chi connectivity index (χ1v) is 6.51. The molecule has 0 aliphatic carbocycles. The zero-order valence-corrected chi connectivity index (χ0v) is 11.9. The van der Waals surface area contributed by atoms with Crippen LogP contribution in [0.5, 0.6) is 11.6 Å². The van der Waals surface area contributed by atoms with Gasteiger partial charge in [0.2, 0.25) is 11.8 Å². The van der Waals surface area contributed by atoms with E-state index >= 15 is 0 Å². The van der Waals surface area contributed by atoms with Crippen molar-refractivity contribution in [2.75, 3.05) is 0 Å². The van der Waals surface area contributed by atoms with Crippen molar-refractivity contribution in [1.29, 1.82) is 5.26 Å². The van der Waals surface area contributed by atoms with E-state index in [2.05, 4.69) is 10.2 Å². The molecule has 1 aromatic carbocycles. The monoisotopic (exact) mass is 312 g/mol. The van der Waals surface area contributed by atoms with Crippen LogP contribution in [-0.2, 0) is 0 Å². The molecule has 23 heavy (non-hydrogen) atoms. The average molecular weight is 312 g/mol. The van der Waals surface area contributed by atoms with Gasteiger partial charge in [0.1, 0.15) is 11.6 Å². The summed E-state index contributed by atoms with van der Waals surface area (Å²) in [6.07, 6.45) is 0. The van der Waals surface area contributed by atoms with E-state index in [1.54, 1.807) is 6.92 Å². The quantitative estimate of drug-likeness (QED) is 0.617. The third kappa shape index (κ3) is 2.13. The van der Waals surface area contributed by atoms with Crippen molar-refractivity contribution in [3.05, 3.63) is 56.6 Å². The molecule has 0 spiro atoms. The van der Waals surface area contributed by atoms with Crippen molar-refractivity contribution in [2.24, 2.45) is 5.73 Å². The lowest BCUT2D eigenvalue weighted by Gasteiger charge is -2.26. The first kappa shape index (κ1) is 14.4. The highest BCUT2D eigenvalue weighted by Gasteiger charge is 2.35. The summed E-state index contributed by atoms with van der Waals surface area (Å²) in [5.41, 5.74) is 6.62. The minimum atomic E-state index is -0.866.